The van der Waals surface area contributed by atoms with E-state index >= 15 is 0 Å². The molecule has 84 valence electrons. The average Bonchev–Trinajstić information content (AvgIpc) is 2.59. The monoisotopic (exact) mass is 280 g/mol. The number of imidazole rings is 1. The molecule has 0 unspecified atom stereocenters. The van der Waals surface area contributed by atoms with Crippen molar-refractivity contribution in [2.75, 3.05) is 0 Å². The molecule has 2 aromatic rings. The highest BCUT2D eigenvalue weighted by Gasteiger charge is 2.05. The van der Waals surface area contributed by atoms with Crippen molar-refractivity contribution in [1.29, 1.82) is 0 Å². The van der Waals surface area contributed by atoms with Crippen LogP contribution in [-0.4, -0.2) is 9.55 Å². The summed E-state index contributed by atoms with van der Waals surface area (Å²) in [6, 6.07) is 7.97. The van der Waals surface area contributed by atoms with Crippen molar-refractivity contribution in [3.8, 4) is 5.75 Å². The molecule has 0 N–H and O–H groups in total. The van der Waals surface area contributed by atoms with E-state index in [2.05, 4.69) is 20.9 Å². The molecule has 0 spiro atoms. The maximum absolute atomic E-state index is 5.71. The number of benzene rings is 1. The van der Waals surface area contributed by atoms with E-state index in [0.29, 0.717) is 6.61 Å². The van der Waals surface area contributed by atoms with Gasteiger partial charge < -0.3 is 9.30 Å². The standard InChI is InChI=1S/C12H13BrN2O/c1-9-5-3-4-6-10(9)16-8-12-14-7-11(13)15(12)2/h3-7H,8H2,1-2H3. The van der Waals surface area contributed by atoms with Gasteiger partial charge >= 0.3 is 0 Å². The van der Waals surface area contributed by atoms with Crippen molar-refractivity contribution >= 4 is 15.9 Å². The fourth-order valence-corrected chi connectivity index (χ4v) is 1.73. The number of aromatic nitrogens is 2. The zero-order valence-corrected chi connectivity index (χ0v) is 10.9. The van der Waals surface area contributed by atoms with Crippen molar-refractivity contribution < 1.29 is 4.74 Å². The summed E-state index contributed by atoms with van der Waals surface area (Å²) >= 11 is 3.40. The molecular weight excluding hydrogens is 268 g/mol. The number of hydrogen-bond acceptors (Lipinski definition) is 2. The average molecular weight is 281 g/mol. The molecule has 0 radical (unpaired) electrons. The molecule has 1 aromatic carbocycles. The Morgan fingerprint density at radius 3 is 2.75 bits per heavy atom. The van der Waals surface area contributed by atoms with Crippen LogP contribution in [0.1, 0.15) is 11.4 Å². The van der Waals surface area contributed by atoms with E-state index in [1.54, 1.807) is 6.20 Å². The van der Waals surface area contributed by atoms with Gasteiger partial charge in [0.15, 0.2) is 0 Å². The Balaban J connectivity index is 2.08. The Labute approximate surface area is 103 Å². The first kappa shape index (κ1) is 11.2. The lowest BCUT2D eigenvalue weighted by Crippen LogP contribution is -2.04. The topological polar surface area (TPSA) is 27.1 Å². The Morgan fingerprint density at radius 2 is 2.12 bits per heavy atom. The maximum Gasteiger partial charge on any atom is 0.147 e. The third-order valence-corrected chi connectivity index (χ3v) is 3.21. The molecule has 0 fully saturated rings. The molecule has 1 aromatic heterocycles. The molecule has 0 atom stereocenters. The van der Waals surface area contributed by atoms with Crippen LogP contribution in [0.5, 0.6) is 5.75 Å². The predicted octanol–water partition coefficient (Wildman–Crippen LogP) is 3.07. The summed E-state index contributed by atoms with van der Waals surface area (Å²) in [6.07, 6.45) is 1.77. The van der Waals surface area contributed by atoms with Gasteiger partial charge in [-0.05, 0) is 34.5 Å². The smallest absolute Gasteiger partial charge is 0.147 e. The third kappa shape index (κ3) is 2.27. The van der Waals surface area contributed by atoms with E-state index in [4.69, 9.17) is 4.74 Å². The number of hydrogen-bond donors (Lipinski definition) is 0. The van der Waals surface area contributed by atoms with E-state index < -0.39 is 0 Å². The molecule has 1 heterocycles. The molecule has 0 aliphatic carbocycles. The molecule has 0 bridgehead atoms. The molecule has 0 aliphatic heterocycles. The van der Waals surface area contributed by atoms with Crippen molar-refractivity contribution in [2.45, 2.75) is 13.5 Å². The van der Waals surface area contributed by atoms with E-state index in [9.17, 15) is 0 Å². The Hall–Kier alpha value is -1.29. The first-order valence-corrected chi connectivity index (χ1v) is 5.82. The molecule has 0 saturated heterocycles. The summed E-state index contributed by atoms with van der Waals surface area (Å²) in [7, 11) is 1.95. The molecule has 0 aliphatic rings. The highest BCUT2D eigenvalue weighted by molar-refractivity contribution is 9.10. The summed E-state index contributed by atoms with van der Waals surface area (Å²) in [5, 5.41) is 0. The summed E-state index contributed by atoms with van der Waals surface area (Å²) in [5.41, 5.74) is 1.13. The van der Waals surface area contributed by atoms with Crippen LogP contribution in [0.2, 0.25) is 0 Å². The van der Waals surface area contributed by atoms with Crippen LogP contribution in [0.15, 0.2) is 35.1 Å². The number of para-hydroxylation sites is 1. The van der Waals surface area contributed by atoms with Crippen molar-refractivity contribution in [1.82, 2.24) is 9.55 Å². The molecule has 4 heteroatoms. The highest BCUT2D eigenvalue weighted by Crippen LogP contribution is 2.18. The van der Waals surface area contributed by atoms with Crippen molar-refractivity contribution in [2.24, 2.45) is 7.05 Å². The Bertz CT molecular complexity index is 494. The van der Waals surface area contributed by atoms with Gasteiger partial charge in [0.05, 0.1) is 6.20 Å². The van der Waals surface area contributed by atoms with Gasteiger partial charge in [-0.2, -0.15) is 0 Å². The normalized spacial score (nSPS) is 10.4. The van der Waals surface area contributed by atoms with E-state index in [0.717, 1.165) is 21.7 Å². The number of ether oxygens (including phenoxy) is 1. The molecule has 0 amide bonds. The van der Waals surface area contributed by atoms with Crippen LogP contribution in [0, 0.1) is 6.92 Å². The Kier molecular flexibility index (Phi) is 3.29. The van der Waals surface area contributed by atoms with E-state index in [-0.39, 0.29) is 0 Å². The number of halogens is 1. The second kappa shape index (κ2) is 4.70. The molecule has 2 rings (SSSR count). The fraction of sp³-hybridized carbons (Fsp3) is 0.250. The van der Waals surface area contributed by atoms with Gasteiger partial charge in [0, 0.05) is 7.05 Å². The second-order valence-corrected chi connectivity index (χ2v) is 4.42. The van der Waals surface area contributed by atoms with Crippen molar-refractivity contribution in [3.05, 3.63) is 46.5 Å². The van der Waals surface area contributed by atoms with Crippen LogP contribution >= 0.6 is 15.9 Å². The lowest BCUT2D eigenvalue weighted by molar-refractivity contribution is 0.289. The van der Waals surface area contributed by atoms with E-state index in [1.165, 1.54) is 0 Å². The quantitative estimate of drug-likeness (QED) is 0.864. The van der Waals surface area contributed by atoms with Gasteiger partial charge in [-0.15, -0.1) is 0 Å². The summed E-state index contributed by atoms with van der Waals surface area (Å²) in [4.78, 5) is 4.25. The fourth-order valence-electron chi connectivity index (χ4n) is 1.42. The van der Waals surface area contributed by atoms with E-state index in [1.807, 2.05) is 42.8 Å². The molecule has 16 heavy (non-hydrogen) atoms. The first-order valence-electron chi connectivity index (χ1n) is 5.03. The maximum atomic E-state index is 5.71. The van der Waals surface area contributed by atoms with Crippen LogP contribution in [0.25, 0.3) is 0 Å². The SMILES string of the molecule is Cc1ccccc1OCc1ncc(Br)n1C. The van der Waals surface area contributed by atoms with Gasteiger partial charge in [0.25, 0.3) is 0 Å². The number of nitrogens with zero attached hydrogens (tertiary/aromatic N) is 2. The molecular formula is C12H13BrN2O. The lowest BCUT2D eigenvalue weighted by Gasteiger charge is -2.08. The zero-order chi connectivity index (χ0) is 11.5. The first-order chi connectivity index (χ1) is 7.68. The van der Waals surface area contributed by atoms with Crippen LogP contribution in [-0.2, 0) is 13.7 Å². The van der Waals surface area contributed by atoms with Gasteiger partial charge in [-0.1, -0.05) is 18.2 Å². The predicted molar refractivity (Wildman–Crippen MR) is 66.4 cm³/mol. The van der Waals surface area contributed by atoms with Crippen molar-refractivity contribution in [3.63, 3.8) is 0 Å². The third-order valence-electron chi connectivity index (χ3n) is 2.48. The second-order valence-electron chi connectivity index (χ2n) is 3.61. The minimum absolute atomic E-state index is 0.479. The van der Waals surface area contributed by atoms with Gasteiger partial charge in [-0.25, -0.2) is 4.98 Å². The molecule has 0 saturated carbocycles. The van der Waals surface area contributed by atoms with Gasteiger partial charge in [0.2, 0.25) is 0 Å². The summed E-state index contributed by atoms with van der Waals surface area (Å²) in [5.74, 6) is 1.80. The minimum Gasteiger partial charge on any atom is -0.485 e. The highest BCUT2D eigenvalue weighted by atomic mass is 79.9. The van der Waals surface area contributed by atoms with Crippen LogP contribution in [0.4, 0.5) is 0 Å². The van der Waals surface area contributed by atoms with Crippen LogP contribution in [0.3, 0.4) is 0 Å². The van der Waals surface area contributed by atoms with Crippen LogP contribution < -0.4 is 4.74 Å². The largest absolute Gasteiger partial charge is 0.485 e. The summed E-state index contributed by atoms with van der Waals surface area (Å²) in [6.45, 7) is 2.51. The Morgan fingerprint density at radius 1 is 1.38 bits per heavy atom. The summed E-state index contributed by atoms with van der Waals surface area (Å²) < 4.78 is 8.62. The number of rotatable bonds is 3. The lowest BCUT2D eigenvalue weighted by atomic mass is 10.2. The molecule has 3 nitrogen and oxygen atoms in total. The van der Waals surface area contributed by atoms with Gasteiger partial charge in [-0.3, -0.25) is 0 Å². The van der Waals surface area contributed by atoms with Gasteiger partial charge in [0.1, 0.15) is 22.8 Å². The number of aryl methyl sites for hydroxylation is 1. The minimum atomic E-state index is 0.479. The zero-order valence-electron chi connectivity index (χ0n) is 9.27.